The van der Waals surface area contributed by atoms with Crippen LogP contribution < -0.4 is 10.2 Å². The summed E-state index contributed by atoms with van der Waals surface area (Å²) in [5, 5.41) is 6.96. The highest BCUT2D eigenvalue weighted by Gasteiger charge is 2.08. The molecular weight excluding hydrogens is 439 g/mol. The molecule has 0 saturated heterocycles. The third-order valence-electron chi connectivity index (χ3n) is 3.54. The summed E-state index contributed by atoms with van der Waals surface area (Å²) < 4.78 is 6.38. The van der Waals surface area contributed by atoms with Crippen molar-refractivity contribution in [3.8, 4) is 5.75 Å². The van der Waals surface area contributed by atoms with Crippen LogP contribution in [-0.2, 0) is 4.79 Å². The van der Waals surface area contributed by atoms with E-state index in [9.17, 15) is 4.79 Å². The van der Waals surface area contributed by atoms with Gasteiger partial charge in [0.2, 0.25) is 0 Å². The molecule has 0 unspecified atom stereocenters. The molecule has 1 N–H and O–H groups in total. The second-order valence-electron chi connectivity index (χ2n) is 5.35. The van der Waals surface area contributed by atoms with Gasteiger partial charge in [-0.2, -0.15) is 5.10 Å². The summed E-state index contributed by atoms with van der Waals surface area (Å²) in [4.78, 5) is 11.9. The highest BCUT2D eigenvalue weighted by Crippen LogP contribution is 2.32. The average molecular weight is 452 g/mol. The molecule has 0 heterocycles. The molecule has 0 aromatic heterocycles. The number of hydrazone groups is 1. The van der Waals surface area contributed by atoms with E-state index in [2.05, 4.69) is 26.5 Å². The Morgan fingerprint density at radius 2 is 1.96 bits per heavy atom. The van der Waals surface area contributed by atoms with E-state index in [1.807, 2.05) is 36.4 Å². The summed E-state index contributed by atoms with van der Waals surface area (Å²) in [5.74, 6) is 0.204. The second-order valence-corrected chi connectivity index (χ2v) is 6.98. The first-order chi connectivity index (χ1) is 12.5. The predicted molar refractivity (Wildman–Crippen MR) is 109 cm³/mol. The third kappa shape index (κ3) is 4.55. The molecule has 0 atom stereocenters. The highest BCUT2D eigenvalue weighted by molar-refractivity contribution is 9.10. The van der Waals surface area contributed by atoms with E-state index in [4.69, 9.17) is 27.9 Å². The van der Waals surface area contributed by atoms with Crippen LogP contribution >= 0.6 is 39.1 Å². The van der Waals surface area contributed by atoms with Crippen molar-refractivity contribution in [1.82, 2.24) is 5.43 Å². The van der Waals surface area contributed by atoms with Crippen LogP contribution in [0.1, 0.15) is 5.56 Å². The molecule has 4 nitrogen and oxygen atoms in total. The second kappa shape index (κ2) is 8.54. The Bertz CT molecular complexity index is 992. The Morgan fingerprint density at radius 1 is 1.15 bits per heavy atom. The van der Waals surface area contributed by atoms with Crippen molar-refractivity contribution in [2.24, 2.45) is 5.10 Å². The number of ether oxygens (including phenoxy) is 1. The number of carbonyl (C=O) groups is 1. The van der Waals surface area contributed by atoms with Gasteiger partial charge in [0.25, 0.3) is 5.91 Å². The monoisotopic (exact) mass is 450 g/mol. The fourth-order valence-corrected chi connectivity index (χ4v) is 3.35. The SMILES string of the molecule is O=C(COc1ccc2ccccc2c1Br)NN=Cc1ccc(Cl)cc1Cl. The van der Waals surface area contributed by atoms with E-state index >= 15 is 0 Å². The van der Waals surface area contributed by atoms with Crippen LogP contribution in [-0.4, -0.2) is 18.7 Å². The molecule has 26 heavy (non-hydrogen) atoms. The molecule has 0 fully saturated rings. The molecule has 3 aromatic rings. The van der Waals surface area contributed by atoms with E-state index in [0.717, 1.165) is 15.2 Å². The van der Waals surface area contributed by atoms with Crippen molar-refractivity contribution in [3.63, 3.8) is 0 Å². The molecule has 132 valence electrons. The minimum atomic E-state index is -0.383. The average Bonchev–Trinajstić information content (AvgIpc) is 2.63. The lowest BCUT2D eigenvalue weighted by molar-refractivity contribution is -0.123. The summed E-state index contributed by atoms with van der Waals surface area (Å²) >= 11 is 15.4. The zero-order valence-corrected chi connectivity index (χ0v) is 16.5. The van der Waals surface area contributed by atoms with Crippen LogP contribution in [0.5, 0.6) is 5.75 Å². The van der Waals surface area contributed by atoms with Crippen LogP contribution in [0.25, 0.3) is 10.8 Å². The Hall–Kier alpha value is -2.08. The quantitative estimate of drug-likeness (QED) is 0.414. The van der Waals surface area contributed by atoms with Gasteiger partial charge < -0.3 is 4.74 Å². The fourth-order valence-electron chi connectivity index (χ4n) is 2.28. The Kier molecular flexibility index (Phi) is 6.14. The number of carbonyl (C=O) groups excluding carboxylic acids is 1. The molecule has 0 radical (unpaired) electrons. The standard InChI is InChI=1S/C19H13BrCl2N2O2/c20-19-15-4-2-1-3-12(15)6-8-17(19)26-11-18(25)24-23-10-13-5-7-14(21)9-16(13)22/h1-10H,11H2,(H,24,25). The molecule has 0 saturated carbocycles. The number of rotatable bonds is 5. The van der Waals surface area contributed by atoms with Crippen LogP contribution in [0.4, 0.5) is 0 Å². The van der Waals surface area contributed by atoms with Crippen molar-refractivity contribution < 1.29 is 9.53 Å². The lowest BCUT2D eigenvalue weighted by Crippen LogP contribution is -2.24. The predicted octanol–water partition coefficient (Wildman–Crippen LogP) is 5.44. The molecule has 0 spiro atoms. The summed E-state index contributed by atoms with van der Waals surface area (Å²) in [6.07, 6.45) is 1.45. The van der Waals surface area contributed by atoms with E-state index in [1.54, 1.807) is 18.2 Å². The number of benzene rings is 3. The summed E-state index contributed by atoms with van der Waals surface area (Å²) in [6.45, 7) is -0.164. The van der Waals surface area contributed by atoms with Crippen molar-refractivity contribution in [2.45, 2.75) is 0 Å². The van der Waals surface area contributed by atoms with Crippen LogP contribution in [0.2, 0.25) is 10.0 Å². The van der Waals surface area contributed by atoms with Gasteiger partial charge >= 0.3 is 0 Å². The van der Waals surface area contributed by atoms with Gasteiger partial charge in [0.15, 0.2) is 6.61 Å². The maximum absolute atomic E-state index is 11.9. The van der Waals surface area contributed by atoms with E-state index in [-0.39, 0.29) is 12.5 Å². The van der Waals surface area contributed by atoms with Crippen molar-refractivity contribution in [2.75, 3.05) is 6.61 Å². The molecule has 0 aliphatic rings. The summed E-state index contributed by atoms with van der Waals surface area (Å²) in [6, 6.07) is 16.7. The zero-order chi connectivity index (χ0) is 18.5. The summed E-state index contributed by atoms with van der Waals surface area (Å²) in [7, 11) is 0. The van der Waals surface area contributed by atoms with Gasteiger partial charge in [-0.05, 0) is 44.9 Å². The molecule has 3 aromatic carbocycles. The minimum absolute atomic E-state index is 0.164. The van der Waals surface area contributed by atoms with Gasteiger partial charge in [-0.3, -0.25) is 4.79 Å². The molecular formula is C19H13BrCl2N2O2. The smallest absolute Gasteiger partial charge is 0.277 e. The van der Waals surface area contributed by atoms with Crippen LogP contribution in [0.3, 0.4) is 0 Å². The Morgan fingerprint density at radius 3 is 2.77 bits per heavy atom. The highest BCUT2D eigenvalue weighted by atomic mass is 79.9. The van der Waals surface area contributed by atoms with E-state index < -0.39 is 0 Å². The molecule has 0 aliphatic carbocycles. The molecule has 3 rings (SSSR count). The number of nitrogens with zero attached hydrogens (tertiary/aromatic N) is 1. The number of amides is 1. The summed E-state index contributed by atoms with van der Waals surface area (Å²) in [5.41, 5.74) is 3.05. The third-order valence-corrected chi connectivity index (χ3v) is 4.92. The first kappa shape index (κ1) is 18.7. The number of fused-ring (bicyclic) bond motifs is 1. The van der Waals surface area contributed by atoms with Gasteiger partial charge in [0.05, 0.1) is 15.7 Å². The lowest BCUT2D eigenvalue weighted by atomic mass is 10.1. The lowest BCUT2D eigenvalue weighted by Gasteiger charge is -2.09. The van der Waals surface area contributed by atoms with Gasteiger partial charge in [0.1, 0.15) is 5.75 Å². The van der Waals surface area contributed by atoms with Gasteiger partial charge in [0, 0.05) is 10.6 Å². The maximum atomic E-state index is 11.9. The van der Waals surface area contributed by atoms with Gasteiger partial charge in [-0.15, -0.1) is 0 Å². The largest absolute Gasteiger partial charge is 0.483 e. The van der Waals surface area contributed by atoms with Crippen molar-refractivity contribution >= 4 is 62.0 Å². The van der Waals surface area contributed by atoms with Gasteiger partial charge in [-0.1, -0.05) is 59.6 Å². The molecule has 0 bridgehead atoms. The zero-order valence-electron chi connectivity index (χ0n) is 13.4. The van der Waals surface area contributed by atoms with E-state index in [1.165, 1.54) is 6.21 Å². The van der Waals surface area contributed by atoms with E-state index in [0.29, 0.717) is 21.4 Å². The number of hydrogen-bond donors (Lipinski definition) is 1. The first-order valence-electron chi connectivity index (χ1n) is 7.61. The van der Waals surface area contributed by atoms with Gasteiger partial charge in [-0.25, -0.2) is 5.43 Å². The molecule has 1 amide bonds. The molecule has 7 heteroatoms. The minimum Gasteiger partial charge on any atom is -0.483 e. The topological polar surface area (TPSA) is 50.7 Å². The number of halogens is 3. The van der Waals surface area contributed by atoms with Crippen molar-refractivity contribution in [1.29, 1.82) is 0 Å². The van der Waals surface area contributed by atoms with Crippen molar-refractivity contribution in [3.05, 3.63) is 74.7 Å². The maximum Gasteiger partial charge on any atom is 0.277 e. The Labute approximate surface area is 168 Å². The first-order valence-corrected chi connectivity index (χ1v) is 9.16. The normalized spacial score (nSPS) is 11.0. The van der Waals surface area contributed by atoms with Crippen LogP contribution in [0.15, 0.2) is 64.2 Å². The molecule has 0 aliphatic heterocycles. The van der Waals surface area contributed by atoms with Crippen LogP contribution in [0, 0.1) is 0 Å². The fraction of sp³-hybridized carbons (Fsp3) is 0.0526. The number of hydrogen-bond acceptors (Lipinski definition) is 3. The number of nitrogens with one attached hydrogen (secondary N) is 1. The Balaban J connectivity index is 1.59.